The van der Waals surface area contributed by atoms with E-state index >= 15 is 0 Å². The van der Waals surface area contributed by atoms with Gasteiger partial charge in [0.05, 0.1) is 0 Å². The maximum Gasteiger partial charge on any atom is 0.252 e. The van der Waals surface area contributed by atoms with Crippen molar-refractivity contribution in [3.05, 3.63) is 77.4 Å². The zero-order chi connectivity index (χ0) is 19.8. The first-order valence-electron chi connectivity index (χ1n) is 9.29. The molecule has 3 aromatic heterocycles. The number of rotatable bonds is 4. The van der Waals surface area contributed by atoms with Crippen molar-refractivity contribution in [3.8, 4) is 22.5 Å². The van der Waals surface area contributed by atoms with E-state index in [0.717, 1.165) is 34.5 Å². The van der Waals surface area contributed by atoms with E-state index < -0.39 is 0 Å². The Balaban J connectivity index is 1.48. The number of nitrogens with zero attached hydrogens (tertiary/aromatic N) is 7. The first-order valence-corrected chi connectivity index (χ1v) is 9.29. The quantitative estimate of drug-likeness (QED) is 0.513. The number of hydrogen-bond acceptors (Lipinski definition) is 6. The van der Waals surface area contributed by atoms with E-state index in [1.54, 1.807) is 4.52 Å². The maximum absolute atomic E-state index is 4.56. The summed E-state index contributed by atoms with van der Waals surface area (Å²) in [5.74, 6) is 1.29. The van der Waals surface area contributed by atoms with Crippen molar-refractivity contribution in [2.75, 3.05) is 0 Å². The topological polar surface area (TPSA) is 97.5 Å². The number of tetrazole rings is 1. The summed E-state index contributed by atoms with van der Waals surface area (Å²) in [6.07, 6.45) is 2.32. The lowest BCUT2D eigenvalue weighted by Crippen LogP contribution is -2.06. The molecule has 0 aliphatic heterocycles. The lowest BCUT2D eigenvalue weighted by molar-refractivity contribution is 0.855. The second-order valence-electron chi connectivity index (χ2n) is 6.90. The average Bonchev–Trinajstić information content (AvgIpc) is 3.44. The van der Waals surface area contributed by atoms with Crippen molar-refractivity contribution < 1.29 is 0 Å². The van der Waals surface area contributed by atoms with Crippen LogP contribution in [-0.2, 0) is 6.42 Å². The van der Waals surface area contributed by atoms with Crippen LogP contribution < -0.4 is 0 Å². The fourth-order valence-electron chi connectivity index (χ4n) is 3.63. The summed E-state index contributed by atoms with van der Waals surface area (Å²) in [7, 11) is 0. The number of fused-ring (bicyclic) bond motifs is 1. The molecule has 142 valence electrons. The normalized spacial score (nSPS) is 11.2. The molecule has 29 heavy (non-hydrogen) atoms. The fourth-order valence-corrected chi connectivity index (χ4v) is 3.63. The Labute approximate surface area is 166 Å². The Hall–Kier alpha value is -3.94. The van der Waals surface area contributed by atoms with E-state index in [1.165, 1.54) is 17.5 Å². The number of aromatic amines is 1. The summed E-state index contributed by atoms with van der Waals surface area (Å²) in [6.45, 7) is 4.08. The molecular formula is C21H18N8. The van der Waals surface area contributed by atoms with Gasteiger partial charge in [0.2, 0.25) is 0 Å². The van der Waals surface area contributed by atoms with Gasteiger partial charge >= 0.3 is 0 Å². The van der Waals surface area contributed by atoms with Gasteiger partial charge in [0.1, 0.15) is 6.33 Å². The van der Waals surface area contributed by atoms with Gasteiger partial charge in [-0.25, -0.2) is 14.6 Å². The minimum Gasteiger partial charge on any atom is -0.239 e. The van der Waals surface area contributed by atoms with Crippen molar-refractivity contribution in [1.82, 2.24) is 40.2 Å². The first kappa shape index (κ1) is 17.2. The van der Waals surface area contributed by atoms with Gasteiger partial charge in [-0.2, -0.15) is 10.1 Å². The third-order valence-electron chi connectivity index (χ3n) is 5.16. The Morgan fingerprint density at radius 2 is 1.76 bits per heavy atom. The van der Waals surface area contributed by atoms with E-state index in [9.17, 15) is 0 Å². The lowest BCUT2D eigenvalue weighted by atomic mass is 9.96. The van der Waals surface area contributed by atoms with Crippen LogP contribution in [0.4, 0.5) is 0 Å². The molecule has 0 fully saturated rings. The Bertz CT molecular complexity index is 1290. The van der Waals surface area contributed by atoms with Gasteiger partial charge in [0, 0.05) is 23.4 Å². The molecule has 0 amide bonds. The van der Waals surface area contributed by atoms with Crippen LogP contribution in [0.15, 0.2) is 54.9 Å². The molecule has 8 heteroatoms. The Morgan fingerprint density at radius 1 is 0.966 bits per heavy atom. The molecular weight excluding hydrogens is 364 g/mol. The van der Waals surface area contributed by atoms with Gasteiger partial charge in [-0.1, -0.05) is 48.5 Å². The number of H-pyrrole nitrogens is 1. The minimum absolute atomic E-state index is 0.637. The highest BCUT2D eigenvalue weighted by Gasteiger charge is 2.13. The summed E-state index contributed by atoms with van der Waals surface area (Å²) < 4.78 is 1.79. The van der Waals surface area contributed by atoms with Crippen molar-refractivity contribution in [1.29, 1.82) is 0 Å². The van der Waals surface area contributed by atoms with Crippen LogP contribution >= 0.6 is 0 Å². The molecule has 0 aliphatic carbocycles. The third-order valence-corrected chi connectivity index (χ3v) is 5.16. The highest BCUT2D eigenvalue weighted by Crippen LogP contribution is 2.30. The second-order valence-corrected chi connectivity index (χ2v) is 6.90. The Morgan fingerprint density at radius 3 is 2.52 bits per heavy atom. The molecule has 0 unspecified atom stereocenters. The zero-order valence-electron chi connectivity index (χ0n) is 16.0. The van der Waals surface area contributed by atoms with Gasteiger partial charge in [-0.15, -0.1) is 5.10 Å². The number of hydrogen-bond donors (Lipinski definition) is 1. The molecule has 8 nitrogen and oxygen atoms in total. The van der Waals surface area contributed by atoms with Crippen LogP contribution in [0, 0.1) is 13.8 Å². The fraction of sp³-hybridized carbons (Fsp3) is 0.143. The predicted octanol–water partition coefficient (Wildman–Crippen LogP) is 3.18. The summed E-state index contributed by atoms with van der Waals surface area (Å²) >= 11 is 0. The van der Waals surface area contributed by atoms with Gasteiger partial charge in [-0.3, -0.25) is 0 Å². The number of aromatic nitrogens is 8. The first-order chi connectivity index (χ1) is 14.2. The van der Waals surface area contributed by atoms with Gasteiger partial charge < -0.3 is 0 Å². The van der Waals surface area contributed by atoms with Gasteiger partial charge in [0.25, 0.3) is 5.78 Å². The molecule has 5 aromatic rings. The second kappa shape index (κ2) is 6.90. The third kappa shape index (κ3) is 3.04. The van der Waals surface area contributed by atoms with Crippen LogP contribution in [-0.4, -0.2) is 40.2 Å². The molecule has 5 rings (SSSR count). The zero-order valence-corrected chi connectivity index (χ0v) is 16.0. The highest BCUT2D eigenvalue weighted by atomic mass is 15.5. The molecule has 0 saturated heterocycles. The maximum atomic E-state index is 4.56. The molecule has 0 aliphatic rings. The predicted molar refractivity (Wildman–Crippen MR) is 108 cm³/mol. The van der Waals surface area contributed by atoms with Crippen molar-refractivity contribution in [2.45, 2.75) is 20.3 Å². The molecule has 0 bridgehead atoms. The standard InChI is InChI=1S/C21H18N8/c1-13-19(14(2)29-21(24-13)22-12-23-29)11-15-7-9-16(10-8-15)17-5-3-4-6-18(17)20-25-27-28-26-20/h3-10,12H,11H2,1-2H3,(H,25,26,27,28). The summed E-state index contributed by atoms with van der Waals surface area (Å²) in [5.41, 5.74) is 7.59. The van der Waals surface area contributed by atoms with Crippen LogP contribution in [0.5, 0.6) is 0 Å². The summed E-state index contributed by atoms with van der Waals surface area (Å²) in [5, 5.41) is 18.5. The smallest absolute Gasteiger partial charge is 0.239 e. The lowest BCUT2D eigenvalue weighted by Gasteiger charge is -2.12. The molecule has 0 atom stereocenters. The van der Waals surface area contributed by atoms with E-state index in [1.807, 2.05) is 25.1 Å². The summed E-state index contributed by atoms with van der Waals surface area (Å²) in [6, 6.07) is 16.6. The number of nitrogens with one attached hydrogen (secondary N) is 1. The summed E-state index contributed by atoms with van der Waals surface area (Å²) in [4.78, 5) is 8.75. The van der Waals surface area contributed by atoms with Gasteiger partial charge in [0.15, 0.2) is 5.82 Å². The average molecular weight is 382 g/mol. The van der Waals surface area contributed by atoms with E-state index in [-0.39, 0.29) is 0 Å². The van der Waals surface area contributed by atoms with E-state index in [0.29, 0.717) is 11.6 Å². The molecule has 3 heterocycles. The Kier molecular flexibility index (Phi) is 4.09. The van der Waals surface area contributed by atoms with Crippen LogP contribution in [0.1, 0.15) is 22.5 Å². The van der Waals surface area contributed by atoms with Crippen LogP contribution in [0.2, 0.25) is 0 Å². The van der Waals surface area contributed by atoms with Crippen LogP contribution in [0.3, 0.4) is 0 Å². The van der Waals surface area contributed by atoms with Crippen LogP contribution in [0.25, 0.3) is 28.3 Å². The molecule has 0 radical (unpaired) electrons. The van der Waals surface area contributed by atoms with Crippen molar-refractivity contribution >= 4 is 5.78 Å². The largest absolute Gasteiger partial charge is 0.252 e. The van der Waals surface area contributed by atoms with Gasteiger partial charge in [-0.05, 0) is 46.5 Å². The molecule has 2 aromatic carbocycles. The minimum atomic E-state index is 0.637. The molecule has 1 N–H and O–H groups in total. The number of benzene rings is 2. The monoisotopic (exact) mass is 382 g/mol. The molecule has 0 spiro atoms. The van der Waals surface area contributed by atoms with E-state index in [4.69, 9.17) is 0 Å². The SMILES string of the molecule is Cc1nc2ncnn2c(C)c1Cc1ccc(-c2ccccc2-c2nnn[nH]2)cc1. The van der Waals surface area contributed by atoms with Crippen molar-refractivity contribution in [3.63, 3.8) is 0 Å². The van der Waals surface area contributed by atoms with E-state index in [2.05, 4.69) is 72.9 Å². The van der Waals surface area contributed by atoms with Crippen molar-refractivity contribution in [2.24, 2.45) is 0 Å². The number of aryl methyl sites for hydroxylation is 2. The highest BCUT2D eigenvalue weighted by molar-refractivity contribution is 5.80. The molecule has 0 saturated carbocycles.